The fourth-order valence-electron chi connectivity index (χ4n) is 2.61. The molecular weight excluding hydrogens is 410 g/mol. The maximum absolute atomic E-state index is 6.26. The van der Waals surface area contributed by atoms with Crippen LogP contribution in [0.4, 0.5) is 0 Å². The smallest absolute Gasteiger partial charge is 0.165 e. The van der Waals surface area contributed by atoms with Gasteiger partial charge in [-0.2, -0.15) is 0 Å². The Balaban J connectivity index is 1.95. The van der Waals surface area contributed by atoms with Gasteiger partial charge < -0.3 is 0 Å². The van der Waals surface area contributed by atoms with Crippen molar-refractivity contribution in [3.05, 3.63) is 88.4 Å². The highest BCUT2D eigenvalue weighted by atomic mass is 79.9. The minimum Gasteiger partial charge on any atom is -0.208 e. The quantitative estimate of drug-likeness (QED) is 0.389. The van der Waals surface area contributed by atoms with Crippen LogP contribution < -0.4 is 0 Å². The van der Waals surface area contributed by atoms with Crippen LogP contribution in [0.15, 0.2) is 83.3 Å². The lowest BCUT2D eigenvalue weighted by Gasteiger charge is -2.10. The standard InChI is InChI=1S/C21H13BrClN3/c22-18-16(12-7-13-17(18)23)21-25-19(14-8-3-1-4-9-14)24-20(26-21)15-10-5-2-6-11-15/h1-13H. The van der Waals surface area contributed by atoms with E-state index in [1.54, 1.807) is 0 Å². The Labute approximate surface area is 164 Å². The summed E-state index contributed by atoms with van der Waals surface area (Å²) in [5, 5.41) is 0.616. The minimum absolute atomic E-state index is 0.576. The van der Waals surface area contributed by atoms with Gasteiger partial charge in [-0.25, -0.2) is 15.0 Å². The van der Waals surface area contributed by atoms with Gasteiger partial charge in [-0.15, -0.1) is 0 Å². The monoisotopic (exact) mass is 421 g/mol. The van der Waals surface area contributed by atoms with Crippen LogP contribution in [0.2, 0.25) is 5.02 Å². The Bertz CT molecular complexity index is 996. The summed E-state index contributed by atoms with van der Waals surface area (Å²) in [5.41, 5.74) is 2.70. The van der Waals surface area contributed by atoms with Crippen LogP contribution >= 0.6 is 27.5 Å². The van der Waals surface area contributed by atoms with Crippen LogP contribution in [-0.2, 0) is 0 Å². The summed E-state index contributed by atoms with van der Waals surface area (Å²) < 4.78 is 0.769. The summed E-state index contributed by atoms with van der Waals surface area (Å²) in [5.74, 6) is 1.83. The molecule has 3 nitrogen and oxygen atoms in total. The van der Waals surface area contributed by atoms with E-state index >= 15 is 0 Å². The number of nitrogens with zero attached hydrogens (tertiary/aromatic N) is 3. The van der Waals surface area contributed by atoms with Crippen LogP contribution in [0, 0.1) is 0 Å². The van der Waals surface area contributed by atoms with E-state index in [2.05, 4.69) is 20.9 Å². The third-order valence-electron chi connectivity index (χ3n) is 3.89. The van der Waals surface area contributed by atoms with Gasteiger partial charge in [-0.1, -0.05) is 78.3 Å². The van der Waals surface area contributed by atoms with E-state index in [-0.39, 0.29) is 0 Å². The largest absolute Gasteiger partial charge is 0.208 e. The van der Waals surface area contributed by atoms with Gasteiger partial charge in [0.2, 0.25) is 0 Å². The van der Waals surface area contributed by atoms with Crippen LogP contribution in [0.25, 0.3) is 34.2 Å². The zero-order valence-corrected chi connectivity index (χ0v) is 15.9. The van der Waals surface area contributed by atoms with E-state index in [1.807, 2.05) is 78.9 Å². The van der Waals surface area contributed by atoms with E-state index in [9.17, 15) is 0 Å². The maximum Gasteiger partial charge on any atom is 0.165 e. The van der Waals surface area contributed by atoms with Crippen LogP contribution in [-0.4, -0.2) is 15.0 Å². The second-order valence-corrected chi connectivity index (χ2v) is 6.84. The molecule has 0 spiro atoms. The number of rotatable bonds is 3. The van der Waals surface area contributed by atoms with Gasteiger partial charge in [0.25, 0.3) is 0 Å². The van der Waals surface area contributed by atoms with E-state index in [1.165, 1.54) is 0 Å². The Morgan fingerprint density at radius 2 is 1.08 bits per heavy atom. The molecule has 3 aromatic carbocycles. The Hall–Kier alpha value is -2.56. The number of hydrogen-bond acceptors (Lipinski definition) is 3. The summed E-state index contributed by atoms with van der Waals surface area (Å²) in [6.45, 7) is 0. The lowest BCUT2D eigenvalue weighted by Crippen LogP contribution is -2.00. The van der Waals surface area contributed by atoms with Crippen molar-refractivity contribution in [2.75, 3.05) is 0 Å². The molecule has 0 saturated heterocycles. The molecule has 26 heavy (non-hydrogen) atoms. The SMILES string of the molecule is Clc1cccc(-c2nc(-c3ccccc3)nc(-c3ccccc3)n2)c1Br. The van der Waals surface area contributed by atoms with Gasteiger partial charge in [-0.3, -0.25) is 0 Å². The predicted octanol–water partition coefficient (Wildman–Crippen LogP) is 6.29. The number of hydrogen-bond donors (Lipinski definition) is 0. The van der Waals surface area contributed by atoms with Gasteiger partial charge in [0.15, 0.2) is 17.5 Å². The Kier molecular flexibility index (Phi) is 4.78. The minimum atomic E-state index is 0.576. The molecule has 4 aromatic rings. The first kappa shape index (κ1) is 16.9. The second kappa shape index (κ2) is 7.36. The molecule has 0 amide bonds. The lowest BCUT2D eigenvalue weighted by molar-refractivity contribution is 1.07. The molecule has 0 aliphatic carbocycles. The molecule has 1 aromatic heterocycles. The molecule has 0 unspecified atom stereocenters. The summed E-state index contributed by atoms with van der Waals surface area (Å²) in [4.78, 5) is 14.1. The van der Waals surface area contributed by atoms with Crippen molar-refractivity contribution >= 4 is 27.5 Å². The van der Waals surface area contributed by atoms with Crippen molar-refractivity contribution in [2.45, 2.75) is 0 Å². The third-order valence-corrected chi connectivity index (χ3v) is 5.29. The zero-order chi connectivity index (χ0) is 17.9. The van der Waals surface area contributed by atoms with Gasteiger partial charge >= 0.3 is 0 Å². The summed E-state index contributed by atoms with van der Waals surface area (Å²) in [7, 11) is 0. The summed E-state index contributed by atoms with van der Waals surface area (Å²) in [6.07, 6.45) is 0. The van der Waals surface area contributed by atoms with E-state index in [4.69, 9.17) is 21.6 Å². The van der Waals surface area contributed by atoms with E-state index < -0.39 is 0 Å². The number of halogens is 2. The molecule has 126 valence electrons. The fraction of sp³-hybridized carbons (Fsp3) is 0. The topological polar surface area (TPSA) is 38.7 Å². The average Bonchev–Trinajstić information content (AvgIpc) is 2.71. The lowest BCUT2D eigenvalue weighted by atomic mass is 10.1. The molecule has 0 aliphatic heterocycles. The Morgan fingerprint density at radius 3 is 1.62 bits per heavy atom. The first-order valence-electron chi connectivity index (χ1n) is 8.03. The highest BCUT2D eigenvalue weighted by Crippen LogP contribution is 2.33. The molecule has 0 radical (unpaired) electrons. The summed E-state index contributed by atoms with van der Waals surface area (Å²) >= 11 is 9.81. The van der Waals surface area contributed by atoms with Gasteiger partial charge in [0, 0.05) is 21.2 Å². The molecule has 1 heterocycles. The van der Waals surface area contributed by atoms with Gasteiger partial charge in [0.1, 0.15) is 0 Å². The first-order valence-corrected chi connectivity index (χ1v) is 9.21. The highest BCUT2D eigenvalue weighted by Gasteiger charge is 2.14. The normalized spacial score (nSPS) is 10.7. The highest BCUT2D eigenvalue weighted by molar-refractivity contribution is 9.10. The van der Waals surface area contributed by atoms with Gasteiger partial charge in [0.05, 0.1) is 5.02 Å². The average molecular weight is 423 g/mol. The van der Waals surface area contributed by atoms with E-state index in [0.717, 1.165) is 21.2 Å². The molecule has 4 rings (SSSR count). The van der Waals surface area contributed by atoms with Gasteiger partial charge in [-0.05, 0) is 28.1 Å². The third kappa shape index (κ3) is 3.39. The van der Waals surface area contributed by atoms with E-state index in [0.29, 0.717) is 22.5 Å². The fourth-order valence-corrected chi connectivity index (χ4v) is 3.22. The van der Waals surface area contributed by atoms with Crippen molar-refractivity contribution in [2.24, 2.45) is 0 Å². The molecule has 0 aliphatic rings. The van der Waals surface area contributed by atoms with Crippen LogP contribution in [0.5, 0.6) is 0 Å². The van der Waals surface area contributed by atoms with Crippen molar-refractivity contribution in [3.63, 3.8) is 0 Å². The molecular formula is C21H13BrClN3. The van der Waals surface area contributed by atoms with Crippen molar-refractivity contribution in [1.29, 1.82) is 0 Å². The molecule has 0 saturated carbocycles. The number of aromatic nitrogens is 3. The zero-order valence-electron chi connectivity index (χ0n) is 13.6. The van der Waals surface area contributed by atoms with Crippen molar-refractivity contribution in [1.82, 2.24) is 15.0 Å². The predicted molar refractivity (Wildman–Crippen MR) is 109 cm³/mol. The second-order valence-electron chi connectivity index (χ2n) is 5.64. The first-order chi connectivity index (χ1) is 12.7. The summed E-state index contributed by atoms with van der Waals surface area (Å²) in [6, 6.07) is 25.4. The molecule has 0 fully saturated rings. The maximum atomic E-state index is 6.26. The molecule has 5 heteroatoms. The van der Waals surface area contributed by atoms with Crippen molar-refractivity contribution < 1.29 is 0 Å². The van der Waals surface area contributed by atoms with Crippen LogP contribution in [0.1, 0.15) is 0 Å². The Morgan fingerprint density at radius 1 is 0.577 bits per heavy atom. The molecule has 0 N–H and O–H groups in total. The van der Waals surface area contributed by atoms with Crippen molar-refractivity contribution in [3.8, 4) is 34.2 Å². The number of benzene rings is 3. The molecule has 0 bridgehead atoms. The van der Waals surface area contributed by atoms with Crippen LogP contribution in [0.3, 0.4) is 0 Å². The molecule has 0 atom stereocenters.